The standard InChI is InChI=1S/C16H19N3O3S/c1-11-4-5-12(2)14(8-11)17-23(21,22)13-9-15-16(20)18(3)6-7-19(15)10-13/h4-5,8-10,17H,6-7H2,1-3H3. The van der Waals surface area contributed by atoms with E-state index in [0.29, 0.717) is 24.5 Å². The summed E-state index contributed by atoms with van der Waals surface area (Å²) in [5, 5.41) is 0. The van der Waals surface area contributed by atoms with Crippen molar-refractivity contribution >= 4 is 21.6 Å². The Morgan fingerprint density at radius 3 is 2.61 bits per heavy atom. The summed E-state index contributed by atoms with van der Waals surface area (Å²) in [6.07, 6.45) is 1.52. The number of fused-ring (bicyclic) bond motifs is 1. The second-order valence-electron chi connectivity index (χ2n) is 5.91. The van der Waals surface area contributed by atoms with Crippen LogP contribution >= 0.6 is 0 Å². The second kappa shape index (κ2) is 5.42. The van der Waals surface area contributed by atoms with Crippen molar-refractivity contribution in [3.8, 4) is 0 Å². The molecule has 1 aliphatic rings. The smallest absolute Gasteiger partial charge is 0.270 e. The number of benzene rings is 1. The topological polar surface area (TPSA) is 71.4 Å². The molecule has 6 nitrogen and oxygen atoms in total. The van der Waals surface area contributed by atoms with E-state index >= 15 is 0 Å². The lowest BCUT2D eigenvalue weighted by molar-refractivity contribution is 0.0749. The van der Waals surface area contributed by atoms with Gasteiger partial charge in [0.1, 0.15) is 10.6 Å². The van der Waals surface area contributed by atoms with E-state index in [1.807, 2.05) is 26.0 Å². The van der Waals surface area contributed by atoms with Crippen molar-refractivity contribution in [2.45, 2.75) is 25.3 Å². The largest absolute Gasteiger partial charge is 0.340 e. The number of aromatic nitrogens is 1. The zero-order valence-corrected chi connectivity index (χ0v) is 14.1. The van der Waals surface area contributed by atoms with Crippen LogP contribution in [0.1, 0.15) is 21.6 Å². The summed E-state index contributed by atoms with van der Waals surface area (Å²) >= 11 is 0. The van der Waals surface area contributed by atoms with Crippen LogP contribution in [0, 0.1) is 13.8 Å². The molecule has 1 aliphatic heterocycles. The summed E-state index contributed by atoms with van der Waals surface area (Å²) in [7, 11) is -2.02. The number of amides is 1. The molecule has 2 aromatic rings. The predicted octanol–water partition coefficient (Wildman–Crippen LogP) is 1.99. The van der Waals surface area contributed by atoms with E-state index in [4.69, 9.17) is 0 Å². The molecule has 1 aromatic carbocycles. The Kier molecular flexibility index (Phi) is 3.68. The van der Waals surface area contributed by atoms with Crippen molar-refractivity contribution in [3.05, 3.63) is 47.3 Å². The van der Waals surface area contributed by atoms with Crippen LogP contribution in [0.15, 0.2) is 35.4 Å². The highest BCUT2D eigenvalue weighted by molar-refractivity contribution is 7.92. The number of nitrogens with zero attached hydrogens (tertiary/aromatic N) is 2. The Morgan fingerprint density at radius 1 is 1.13 bits per heavy atom. The molecule has 0 radical (unpaired) electrons. The maximum atomic E-state index is 12.6. The maximum absolute atomic E-state index is 12.6. The number of nitrogens with one attached hydrogen (secondary N) is 1. The van der Waals surface area contributed by atoms with Crippen LogP contribution in [-0.4, -0.2) is 37.4 Å². The fourth-order valence-electron chi connectivity index (χ4n) is 2.60. The van der Waals surface area contributed by atoms with Gasteiger partial charge in [-0.25, -0.2) is 8.42 Å². The Labute approximate surface area is 135 Å². The molecule has 1 aromatic heterocycles. The molecule has 0 saturated heterocycles. The minimum Gasteiger partial charge on any atom is -0.340 e. The monoisotopic (exact) mass is 333 g/mol. The molecular weight excluding hydrogens is 314 g/mol. The molecule has 0 bridgehead atoms. The summed E-state index contributed by atoms with van der Waals surface area (Å²) in [4.78, 5) is 13.8. The first-order chi connectivity index (χ1) is 10.8. The van der Waals surface area contributed by atoms with E-state index < -0.39 is 10.0 Å². The first-order valence-electron chi connectivity index (χ1n) is 7.33. The van der Waals surface area contributed by atoms with E-state index in [-0.39, 0.29) is 10.8 Å². The Bertz CT molecular complexity index is 884. The number of sulfonamides is 1. The molecule has 122 valence electrons. The van der Waals surface area contributed by atoms with Gasteiger partial charge in [-0.1, -0.05) is 12.1 Å². The van der Waals surface area contributed by atoms with Gasteiger partial charge in [0, 0.05) is 26.3 Å². The van der Waals surface area contributed by atoms with Crippen LogP contribution < -0.4 is 4.72 Å². The summed E-state index contributed by atoms with van der Waals surface area (Å²) in [5.74, 6) is -0.163. The lowest BCUT2D eigenvalue weighted by atomic mass is 10.1. The molecule has 7 heteroatoms. The van der Waals surface area contributed by atoms with Gasteiger partial charge in [0.05, 0.1) is 5.69 Å². The van der Waals surface area contributed by atoms with Crippen LogP contribution in [0.4, 0.5) is 5.69 Å². The number of anilines is 1. The van der Waals surface area contributed by atoms with Crippen LogP contribution in [0.5, 0.6) is 0 Å². The van der Waals surface area contributed by atoms with Gasteiger partial charge < -0.3 is 9.47 Å². The van der Waals surface area contributed by atoms with E-state index in [0.717, 1.165) is 11.1 Å². The fourth-order valence-corrected chi connectivity index (χ4v) is 3.76. The minimum absolute atomic E-state index is 0.108. The molecule has 1 amide bonds. The SMILES string of the molecule is Cc1ccc(C)c(NS(=O)(=O)c2cc3n(c2)CCN(C)C3=O)c1. The highest BCUT2D eigenvalue weighted by Gasteiger charge is 2.26. The van der Waals surface area contributed by atoms with Crippen LogP contribution in [0.2, 0.25) is 0 Å². The highest BCUT2D eigenvalue weighted by atomic mass is 32.2. The third kappa shape index (κ3) is 2.84. The zero-order chi connectivity index (χ0) is 16.8. The molecule has 0 spiro atoms. The summed E-state index contributed by atoms with van der Waals surface area (Å²) in [6, 6.07) is 7.03. The molecule has 1 N–H and O–H groups in total. The molecule has 3 rings (SSSR count). The molecule has 0 atom stereocenters. The number of carbonyl (C=O) groups excluding carboxylic acids is 1. The lowest BCUT2D eigenvalue weighted by Crippen LogP contribution is -2.36. The summed E-state index contributed by atoms with van der Waals surface area (Å²) < 4.78 is 29.6. The van der Waals surface area contributed by atoms with E-state index in [9.17, 15) is 13.2 Å². The van der Waals surface area contributed by atoms with Gasteiger partial charge in [-0.15, -0.1) is 0 Å². The Hall–Kier alpha value is -2.28. The van der Waals surface area contributed by atoms with Crippen LogP contribution in [-0.2, 0) is 16.6 Å². The third-order valence-electron chi connectivity index (χ3n) is 4.06. The molecule has 0 aliphatic carbocycles. The first-order valence-corrected chi connectivity index (χ1v) is 8.82. The lowest BCUT2D eigenvalue weighted by Gasteiger charge is -2.23. The number of rotatable bonds is 3. The van der Waals surface area contributed by atoms with Crippen molar-refractivity contribution in [1.82, 2.24) is 9.47 Å². The van der Waals surface area contributed by atoms with Crippen molar-refractivity contribution in [1.29, 1.82) is 0 Å². The average molecular weight is 333 g/mol. The van der Waals surface area contributed by atoms with Crippen molar-refractivity contribution in [3.63, 3.8) is 0 Å². The molecule has 0 saturated carbocycles. The zero-order valence-electron chi connectivity index (χ0n) is 13.3. The van der Waals surface area contributed by atoms with E-state index in [1.54, 1.807) is 22.6 Å². The Balaban J connectivity index is 1.96. The normalized spacial score (nSPS) is 14.7. The minimum atomic E-state index is -3.73. The van der Waals surface area contributed by atoms with E-state index in [2.05, 4.69) is 4.72 Å². The molecule has 2 heterocycles. The van der Waals surface area contributed by atoms with Crippen molar-refractivity contribution < 1.29 is 13.2 Å². The number of hydrogen-bond donors (Lipinski definition) is 1. The quantitative estimate of drug-likeness (QED) is 0.934. The van der Waals surface area contributed by atoms with E-state index in [1.165, 1.54) is 12.3 Å². The number of likely N-dealkylation sites (N-methyl/N-ethyl adjacent to an activating group) is 1. The number of carbonyl (C=O) groups is 1. The van der Waals surface area contributed by atoms with Gasteiger partial charge in [0.15, 0.2) is 0 Å². The van der Waals surface area contributed by atoms with Crippen LogP contribution in [0.25, 0.3) is 0 Å². The van der Waals surface area contributed by atoms with Gasteiger partial charge >= 0.3 is 0 Å². The average Bonchev–Trinajstić information content (AvgIpc) is 2.92. The van der Waals surface area contributed by atoms with Gasteiger partial charge in [-0.05, 0) is 37.1 Å². The fraction of sp³-hybridized carbons (Fsp3) is 0.312. The predicted molar refractivity (Wildman–Crippen MR) is 88.1 cm³/mol. The van der Waals surface area contributed by atoms with Gasteiger partial charge in [-0.2, -0.15) is 0 Å². The van der Waals surface area contributed by atoms with Crippen LogP contribution in [0.3, 0.4) is 0 Å². The Morgan fingerprint density at radius 2 is 1.87 bits per heavy atom. The molecular formula is C16H19N3O3S. The molecule has 0 fully saturated rings. The van der Waals surface area contributed by atoms with Crippen molar-refractivity contribution in [2.75, 3.05) is 18.3 Å². The summed E-state index contributed by atoms with van der Waals surface area (Å²) in [5.41, 5.74) is 2.78. The van der Waals surface area contributed by atoms with Gasteiger partial charge in [0.25, 0.3) is 15.9 Å². The first kappa shape index (κ1) is 15.6. The molecule has 23 heavy (non-hydrogen) atoms. The summed E-state index contributed by atoms with van der Waals surface area (Å²) in [6.45, 7) is 4.92. The highest BCUT2D eigenvalue weighted by Crippen LogP contribution is 2.24. The second-order valence-corrected chi connectivity index (χ2v) is 7.59. The third-order valence-corrected chi connectivity index (χ3v) is 5.39. The van der Waals surface area contributed by atoms with Crippen molar-refractivity contribution in [2.24, 2.45) is 0 Å². The van der Waals surface area contributed by atoms with Gasteiger partial charge in [0.2, 0.25) is 0 Å². The maximum Gasteiger partial charge on any atom is 0.270 e. The van der Waals surface area contributed by atoms with Gasteiger partial charge in [-0.3, -0.25) is 9.52 Å². The molecule has 0 unspecified atom stereocenters. The number of hydrogen-bond acceptors (Lipinski definition) is 3. The number of aryl methyl sites for hydroxylation is 2.